The lowest BCUT2D eigenvalue weighted by molar-refractivity contribution is -0.121. The van der Waals surface area contributed by atoms with Gasteiger partial charge in [0.05, 0.1) is 5.92 Å². The highest BCUT2D eigenvalue weighted by Crippen LogP contribution is 2.16. The molecule has 1 amide bonds. The van der Waals surface area contributed by atoms with Gasteiger partial charge in [-0.25, -0.2) is 0 Å². The molecule has 0 radical (unpaired) electrons. The van der Waals surface area contributed by atoms with Crippen molar-refractivity contribution in [1.82, 2.24) is 0 Å². The number of hydrogen-bond donors (Lipinski definition) is 2. The SMILES string of the molecule is CC(CN(C)c1cccc(N)c1)C(N)=O. The van der Waals surface area contributed by atoms with Crippen LogP contribution in [0.3, 0.4) is 0 Å². The Bertz CT molecular complexity index is 351. The second kappa shape index (κ2) is 4.68. The third-order valence-corrected chi connectivity index (χ3v) is 2.34. The number of hydrogen-bond acceptors (Lipinski definition) is 3. The number of nitrogens with two attached hydrogens (primary N) is 2. The number of primary amides is 1. The van der Waals surface area contributed by atoms with Crippen molar-refractivity contribution in [1.29, 1.82) is 0 Å². The molecule has 0 spiro atoms. The van der Waals surface area contributed by atoms with Crippen LogP contribution >= 0.6 is 0 Å². The van der Waals surface area contributed by atoms with Gasteiger partial charge in [-0.2, -0.15) is 0 Å². The number of nitrogen functional groups attached to an aromatic ring is 1. The van der Waals surface area contributed by atoms with E-state index in [4.69, 9.17) is 11.5 Å². The smallest absolute Gasteiger partial charge is 0.222 e. The van der Waals surface area contributed by atoms with Gasteiger partial charge in [-0.3, -0.25) is 4.79 Å². The topological polar surface area (TPSA) is 72.3 Å². The summed E-state index contributed by atoms with van der Waals surface area (Å²) in [6.45, 7) is 2.41. The lowest BCUT2D eigenvalue weighted by Crippen LogP contribution is -2.32. The molecule has 0 fully saturated rings. The zero-order chi connectivity index (χ0) is 11.4. The minimum Gasteiger partial charge on any atom is -0.399 e. The molecular weight excluding hydrogens is 190 g/mol. The number of benzene rings is 1. The van der Waals surface area contributed by atoms with Gasteiger partial charge < -0.3 is 16.4 Å². The first-order valence-electron chi connectivity index (χ1n) is 4.86. The molecule has 0 aromatic heterocycles. The maximum Gasteiger partial charge on any atom is 0.222 e. The van der Waals surface area contributed by atoms with Crippen molar-refractivity contribution in [3.8, 4) is 0 Å². The first kappa shape index (κ1) is 11.4. The Morgan fingerprint density at radius 3 is 2.73 bits per heavy atom. The van der Waals surface area contributed by atoms with Crippen LogP contribution in [0.2, 0.25) is 0 Å². The summed E-state index contributed by atoms with van der Waals surface area (Å²) in [5.41, 5.74) is 12.6. The minimum absolute atomic E-state index is 0.170. The summed E-state index contributed by atoms with van der Waals surface area (Å²) in [4.78, 5) is 12.9. The van der Waals surface area contributed by atoms with Gasteiger partial charge in [-0.05, 0) is 18.2 Å². The van der Waals surface area contributed by atoms with Crippen LogP contribution in [0.5, 0.6) is 0 Å². The highest BCUT2D eigenvalue weighted by Gasteiger charge is 2.11. The van der Waals surface area contributed by atoms with Gasteiger partial charge >= 0.3 is 0 Å². The Kier molecular flexibility index (Phi) is 3.55. The van der Waals surface area contributed by atoms with E-state index in [0.717, 1.165) is 5.69 Å². The molecule has 0 aliphatic heterocycles. The summed E-state index contributed by atoms with van der Waals surface area (Å²) in [6.07, 6.45) is 0. The summed E-state index contributed by atoms with van der Waals surface area (Å²) in [5, 5.41) is 0. The largest absolute Gasteiger partial charge is 0.399 e. The molecular formula is C11H17N3O. The zero-order valence-corrected chi connectivity index (χ0v) is 9.10. The van der Waals surface area contributed by atoms with E-state index in [9.17, 15) is 4.79 Å². The maximum atomic E-state index is 10.9. The summed E-state index contributed by atoms with van der Waals surface area (Å²) in [6, 6.07) is 7.53. The second-order valence-electron chi connectivity index (χ2n) is 3.78. The Balaban J connectivity index is 2.68. The van der Waals surface area contributed by atoms with E-state index in [2.05, 4.69) is 0 Å². The van der Waals surface area contributed by atoms with E-state index in [1.54, 1.807) is 0 Å². The molecule has 0 saturated carbocycles. The van der Waals surface area contributed by atoms with E-state index in [1.165, 1.54) is 0 Å². The van der Waals surface area contributed by atoms with E-state index < -0.39 is 0 Å². The van der Waals surface area contributed by atoms with Crippen molar-refractivity contribution < 1.29 is 4.79 Å². The lowest BCUT2D eigenvalue weighted by Gasteiger charge is -2.22. The minimum atomic E-state index is -0.286. The standard InChI is InChI=1S/C11H17N3O/c1-8(11(13)15)7-14(2)10-5-3-4-9(12)6-10/h3-6,8H,7,12H2,1-2H3,(H2,13,15). The summed E-state index contributed by atoms with van der Waals surface area (Å²) in [5.74, 6) is -0.456. The predicted molar refractivity (Wildman–Crippen MR) is 62.5 cm³/mol. The fraction of sp³-hybridized carbons (Fsp3) is 0.364. The van der Waals surface area contributed by atoms with E-state index in [-0.39, 0.29) is 11.8 Å². The van der Waals surface area contributed by atoms with Gasteiger partial charge in [0.25, 0.3) is 0 Å². The zero-order valence-electron chi connectivity index (χ0n) is 9.10. The van der Waals surface area contributed by atoms with E-state index in [1.807, 2.05) is 43.1 Å². The summed E-state index contributed by atoms with van der Waals surface area (Å²) >= 11 is 0. The molecule has 0 aliphatic rings. The highest BCUT2D eigenvalue weighted by atomic mass is 16.1. The first-order valence-corrected chi connectivity index (χ1v) is 4.86. The van der Waals surface area contributed by atoms with E-state index in [0.29, 0.717) is 12.2 Å². The fourth-order valence-electron chi connectivity index (χ4n) is 1.37. The number of amides is 1. The molecule has 4 N–H and O–H groups in total. The molecule has 0 bridgehead atoms. The number of carbonyl (C=O) groups excluding carboxylic acids is 1. The Hall–Kier alpha value is -1.71. The molecule has 15 heavy (non-hydrogen) atoms. The summed E-state index contributed by atoms with van der Waals surface area (Å²) < 4.78 is 0. The van der Waals surface area contributed by atoms with Crippen LogP contribution in [0.25, 0.3) is 0 Å². The molecule has 1 rings (SSSR count). The molecule has 1 unspecified atom stereocenters. The van der Waals surface area contributed by atoms with Crippen LogP contribution in [0.15, 0.2) is 24.3 Å². The normalized spacial score (nSPS) is 12.1. The van der Waals surface area contributed by atoms with Gasteiger partial charge in [0, 0.05) is 25.0 Å². The molecule has 0 heterocycles. The van der Waals surface area contributed by atoms with Crippen molar-refractivity contribution in [2.45, 2.75) is 6.92 Å². The lowest BCUT2D eigenvalue weighted by atomic mass is 10.1. The van der Waals surface area contributed by atoms with Crippen molar-refractivity contribution in [2.75, 3.05) is 24.2 Å². The number of carbonyl (C=O) groups is 1. The van der Waals surface area contributed by atoms with Crippen LogP contribution < -0.4 is 16.4 Å². The first-order chi connectivity index (χ1) is 7.00. The molecule has 0 aliphatic carbocycles. The summed E-state index contributed by atoms with van der Waals surface area (Å²) in [7, 11) is 1.91. The third-order valence-electron chi connectivity index (χ3n) is 2.34. The van der Waals surface area contributed by atoms with Crippen molar-refractivity contribution >= 4 is 17.3 Å². The monoisotopic (exact) mass is 207 g/mol. The molecule has 82 valence electrons. The molecule has 4 nitrogen and oxygen atoms in total. The van der Waals surface area contributed by atoms with Crippen LogP contribution in [-0.2, 0) is 4.79 Å². The number of nitrogens with zero attached hydrogens (tertiary/aromatic N) is 1. The Morgan fingerprint density at radius 1 is 1.53 bits per heavy atom. The van der Waals surface area contributed by atoms with Gasteiger partial charge in [0.2, 0.25) is 5.91 Å². The predicted octanol–water partition coefficient (Wildman–Crippen LogP) is 0.826. The number of anilines is 2. The van der Waals surface area contributed by atoms with Crippen LogP contribution in [-0.4, -0.2) is 19.5 Å². The van der Waals surface area contributed by atoms with Crippen LogP contribution in [0.1, 0.15) is 6.92 Å². The van der Waals surface area contributed by atoms with Crippen molar-refractivity contribution in [3.63, 3.8) is 0 Å². The van der Waals surface area contributed by atoms with Gasteiger partial charge in [0.15, 0.2) is 0 Å². The third kappa shape index (κ3) is 3.16. The maximum absolute atomic E-state index is 10.9. The quantitative estimate of drug-likeness (QED) is 0.718. The molecule has 1 aromatic rings. The average molecular weight is 207 g/mol. The van der Waals surface area contributed by atoms with Gasteiger partial charge in [-0.1, -0.05) is 13.0 Å². The van der Waals surface area contributed by atoms with Crippen molar-refractivity contribution in [2.24, 2.45) is 11.7 Å². The molecule has 1 aromatic carbocycles. The molecule has 1 atom stereocenters. The molecule has 4 heteroatoms. The highest BCUT2D eigenvalue weighted by molar-refractivity contribution is 5.77. The van der Waals surface area contributed by atoms with Crippen LogP contribution in [0, 0.1) is 5.92 Å². The number of rotatable bonds is 4. The Morgan fingerprint density at radius 2 is 2.20 bits per heavy atom. The second-order valence-corrected chi connectivity index (χ2v) is 3.78. The Labute approximate surface area is 89.9 Å². The van der Waals surface area contributed by atoms with Crippen LogP contribution in [0.4, 0.5) is 11.4 Å². The van der Waals surface area contributed by atoms with E-state index >= 15 is 0 Å². The van der Waals surface area contributed by atoms with Gasteiger partial charge in [0.1, 0.15) is 0 Å². The fourth-order valence-corrected chi connectivity index (χ4v) is 1.37. The van der Waals surface area contributed by atoms with Crippen molar-refractivity contribution in [3.05, 3.63) is 24.3 Å². The van der Waals surface area contributed by atoms with Gasteiger partial charge in [-0.15, -0.1) is 0 Å². The average Bonchev–Trinajstić information content (AvgIpc) is 2.17. The molecule has 0 saturated heterocycles.